The number of hydrogen-bond acceptors (Lipinski definition) is 5. The van der Waals surface area contributed by atoms with Gasteiger partial charge in [-0.15, -0.1) is 11.8 Å². The van der Waals surface area contributed by atoms with E-state index in [0.717, 1.165) is 27.4 Å². The number of ether oxygens (including phenoxy) is 2. The number of hydrogen-bond donors (Lipinski definition) is 2. The van der Waals surface area contributed by atoms with E-state index in [1.165, 1.54) is 12.5 Å². The van der Waals surface area contributed by atoms with Crippen molar-refractivity contribution >= 4 is 11.8 Å². The Morgan fingerprint density at radius 3 is 2.17 bits per heavy atom. The molecule has 2 N–H and O–H groups in total. The predicted molar refractivity (Wildman–Crippen MR) is 174 cm³/mol. The highest BCUT2D eigenvalue weighted by atomic mass is 32.2. The average molecular weight is 693 g/mol. The van der Waals surface area contributed by atoms with E-state index in [-0.39, 0.29) is 30.6 Å². The molecule has 7 rings (SSSR count). The largest absolute Gasteiger partial charge is 0.456 e. The van der Waals surface area contributed by atoms with Crippen LogP contribution in [0, 0.1) is 22.7 Å². The molecule has 262 valence electrons. The maximum Gasteiger partial charge on any atom is 0.456 e. The van der Waals surface area contributed by atoms with Crippen LogP contribution in [-0.4, -0.2) is 52.5 Å². The van der Waals surface area contributed by atoms with Crippen LogP contribution in [0.4, 0.5) is 22.0 Å². The minimum absolute atomic E-state index is 0.0611. The highest BCUT2D eigenvalue weighted by molar-refractivity contribution is 7.98. The lowest BCUT2D eigenvalue weighted by atomic mass is 9.49. The van der Waals surface area contributed by atoms with Crippen LogP contribution < -0.4 is 0 Å². The van der Waals surface area contributed by atoms with Gasteiger partial charge in [0.1, 0.15) is 5.60 Å². The lowest BCUT2D eigenvalue weighted by Crippen LogP contribution is -2.65. The number of thioether (sulfide) groups is 1. The summed E-state index contributed by atoms with van der Waals surface area (Å²) < 4.78 is 85.3. The van der Waals surface area contributed by atoms with Crippen molar-refractivity contribution in [2.45, 2.75) is 118 Å². The Morgan fingerprint density at radius 1 is 0.854 bits per heavy atom. The summed E-state index contributed by atoms with van der Waals surface area (Å²) in [6.07, 6.45) is -4.52. The van der Waals surface area contributed by atoms with E-state index in [9.17, 15) is 23.4 Å². The van der Waals surface area contributed by atoms with Crippen molar-refractivity contribution in [3.05, 3.63) is 76.9 Å². The van der Waals surface area contributed by atoms with Gasteiger partial charge in [0.05, 0.1) is 18.8 Å². The molecule has 48 heavy (non-hydrogen) atoms. The molecule has 0 bridgehead atoms. The summed E-state index contributed by atoms with van der Waals surface area (Å²) in [5.74, 6) is -6.89. The molecule has 0 unspecified atom stereocenters. The molecule has 10 heteroatoms. The molecule has 5 aliphatic rings. The van der Waals surface area contributed by atoms with E-state index >= 15 is 8.78 Å². The third kappa shape index (κ3) is 5.38. The van der Waals surface area contributed by atoms with Crippen LogP contribution in [0.2, 0.25) is 0 Å². The van der Waals surface area contributed by atoms with Gasteiger partial charge in [-0.1, -0.05) is 68.8 Å². The second-order valence-electron chi connectivity index (χ2n) is 16.0. The van der Waals surface area contributed by atoms with Crippen LogP contribution in [0.25, 0.3) is 0 Å². The van der Waals surface area contributed by atoms with Crippen molar-refractivity contribution in [3.8, 4) is 0 Å². The monoisotopic (exact) mass is 692 g/mol. The molecule has 6 atom stereocenters. The number of aliphatic hydroxyl groups is 2. The van der Waals surface area contributed by atoms with Crippen molar-refractivity contribution in [1.82, 2.24) is 0 Å². The van der Waals surface area contributed by atoms with E-state index in [1.807, 2.05) is 42.5 Å². The van der Waals surface area contributed by atoms with Gasteiger partial charge in [0.15, 0.2) is 5.79 Å². The third-order valence-electron chi connectivity index (χ3n) is 12.4. The second-order valence-corrected chi connectivity index (χ2v) is 17.1. The Hall–Kier alpha value is -1.98. The fourth-order valence-corrected chi connectivity index (χ4v) is 10.7. The molecule has 0 amide bonds. The van der Waals surface area contributed by atoms with Crippen molar-refractivity contribution in [3.63, 3.8) is 0 Å². The molecule has 0 radical (unpaired) electrons. The molecular formula is C38H45F5O4S. The highest BCUT2D eigenvalue weighted by Crippen LogP contribution is 2.71. The summed E-state index contributed by atoms with van der Waals surface area (Å²) in [5.41, 5.74) is -2.56. The molecule has 2 aromatic rings. The Balaban J connectivity index is 1.27. The molecule has 1 spiro atoms. The second kappa shape index (κ2) is 11.5. The minimum Gasteiger partial charge on any atom is -0.385 e. The highest BCUT2D eigenvalue weighted by Gasteiger charge is 2.79. The van der Waals surface area contributed by atoms with Crippen LogP contribution in [0.1, 0.15) is 89.2 Å². The van der Waals surface area contributed by atoms with Gasteiger partial charge in [-0.05, 0) is 79.2 Å². The van der Waals surface area contributed by atoms with Crippen LogP contribution >= 0.6 is 11.8 Å². The molecule has 0 aromatic heterocycles. The molecular weight excluding hydrogens is 647 g/mol. The molecule has 4 fully saturated rings. The van der Waals surface area contributed by atoms with Crippen molar-refractivity contribution < 1.29 is 41.6 Å². The summed E-state index contributed by atoms with van der Waals surface area (Å²) in [6.45, 7) is 6.58. The fraction of sp³-hybridized carbons (Fsp3) is 0.632. The zero-order valence-electron chi connectivity index (χ0n) is 27.7. The molecule has 4 aliphatic carbocycles. The van der Waals surface area contributed by atoms with Gasteiger partial charge in [0, 0.05) is 40.2 Å². The van der Waals surface area contributed by atoms with Crippen molar-refractivity contribution in [1.29, 1.82) is 0 Å². The molecule has 4 nitrogen and oxygen atoms in total. The zero-order valence-corrected chi connectivity index (χ0v) is 28.5. The quantitative estimate of drug-likeness (QED) is 0.186. The lowest BCUT2D eigenvalue weighted by molar-refractivity contribution is -0.362. The smallest absolute Gasteiger partial charge is 0.385 e. The molecule has 1 saturated heterocycles. The first-order valence-corrected chi connectivity index (χ1v) is 18.1. The number of alkyl halides is 5. The minimum atomic E-state index is -5.88. The number of benzene rings is 2. The van der Waals surface area contributed by atoms with Crippen molar-refractivity contribution in [2.24, 2.45) is 22.7 Å². The van der Waals surface area contributed by atoms with E-state index in [2.05, 4.69) is 26.0 Å². The summed E-state index contributed by atoms with van der Waals surface area (Å²) in [5, 5.41) is 24.0. The van der Waals surface area contributed by atoms with Crippen LogP contribution in [0.5, 0.6) is 0 Å². The van der Waals surface area contributed by atoms with Gasteiger partial charge in [-0.25, -0.2) is 0 Å². The summed E-state index contributed by atoms with van der Waals surface area (Å²) in [7, 11) is 0. The van der Waals surface area contributed by atoms with E-state index in [0.29, 0.717) is 38.9 Å². The van der Waals surface area contributed by atoms with Crippen molar-refractivity contribution in [2.75, 3.05) is 13.2 Å². The topological polar surface area (TPSA) is 58.9 Å². The Kier molecular flexibility index (Phi) is 8.27. The van der Waals surface area contributed by atoms with Gasteiger partial charge < -0.3 is 19.7 Å². The Bertz CT molecular complexity index is 1550. The molecule has 3 saturated carbocycles. The van der Waals surface area contributed by atoms with E-state index in [4.69, 9.17) is 9.47 Å². The van der Waals surface area contributed by atoms with Crippen LogP contribution in [0.3, 0.4) is 0 Å². The maximum absolute atomic E-state index is 15.4. The number of halogens is 5. The Labute approximate surface area is 283 Å². The van der Waals surface area contributed by atoms with E-state index < -0.39 is 52.8 Å². The van der Waals surface area contributed by atoms with Gasteiger partial charge >= 0.3 is 12.1 Å². The van der Waals surface area contributed by atoms with Gasteiger partial charge in [-0.3, -0.25) is 0 Å². The summed E-state index contributed by atoms with van der Waals surface area (Å²) >= 11 is 1.66. The van der Waals surface area contributed by atoms with Gasteiger partial charge in [0.2, 0.25) is 0 Å². The lowest BCUT2D eigenvalue weighted by Gasteiger charge is -2.59. The van der Waals surface area contributed by atoms with Gasteiger partial charge in [-0.2, -0.15) is 22.0 Å². The Morgan fingerprint density at radius 2 is 1.52 bits per heavy atom. The maximum atomic E-state index is 15.4. The summed E-state index contributed by atoms with van der Waals surface area (Å²) in [4.78, 5) is 1.01. The third-order valence-corrected chi connectivity index (χ3v) is 13.5. The zero-order chi connectivity index (χ0) is 34.4. The van der Waals surface area contributed by atoms with Crippen LogP contribution in [0.15, 0.2) is 70.6 Å². The standard InChI is InChI=1S/C38H45F5O4S/c1-32(2)22-46-35(47-23-32)17-14-30-31-27(13-16-34(30,44)21-35)29-15-18-36(45,37(39,40)38(41,42)43)33(29,3)19-28(31)25-9-11-26(12-10-25)48-20-24-7-5-4-6-8-24/h4-12,27-29,44-45H,13-23H2,1-3H3/t27-,28+,29-,33-,34+,36-/m0/s1. The first-order chi connectivity index (χ1) is 22.4. The average Bonchev–Trinajstić information content (AvgIpc) is 3.32. The first kappa shape index (κ1) is 34.5. The number of allylic oxidation sites excluding steroid dienone is 1. The molecule has 1 heterocycles. The number of fused-ring (bicyclic) bond motifs is 4. The molecule has 1 aliphatic heterocycles. The summed E-state index contributed by atoms with van der Waals surface area (Å²) in [6, 6.07) is 17.9. The van der Waals surface area contributed by atoms with E-state index in [1.54, 1.807) is 11.8 Å². The first-order valence-electron chi connectivity index (χ1n) is 17.1. The van der Waals surface area contributed by atoms with Crippen LogP contribution in [-0.2, 0) is 15.2 Å². The van der Waals surface area contributed by atoms with Gasteiger partial charge in [0.25, 0.3) is 0 Å². The number of rotatable bonds is 5. The normalized spacial score (nSPS) is 36.0. The molecule has 2 aromatic carbocycles. The SMILES string of the molecule is CC1(C)COC2(CCC3=C4[C@@H](CC[C@@]3(O)C2)[C@@H]2CC[C@@](O)(C(F)(F)C(F)(F)F)[C@@]2(C)C[C@@H]4c2ccc(SCc3ccccc3)cc2)OC1. The predicted octanol–water partition coefficient (Wildman–Crippen LogP) is 9.20. The fourth-order valence-electron chi connectivity index (χ4n) is 9.84.